The molecule has 1 aromatic rings. The lowest BCUT2D eigenvalue weighted by Crippen LogP contribution is -2.38. The summed E-state index contributed by atoms with van der Waals surface area (Å²) in [7, 11) is -3.20. The van der Waals surface area contributed by atoms with Crippen LogP contribution in [-0.2, 0) is 15.6 Å². The zero-order chi connectivity index (χ0) is 16.3. The largest absolute Gasteiger partial charge is 0.406 e. The van der Waals surface area contributed by atoms with Crippen LogP contribution >= 0.6 is 0 Å². The summed E-state index contributed by atoms with van der Waals surface area (Å²) in [5, 5.41) is 0. The molecule has 0 radical (unpaired) electrons. The second-order valence-corrected chi connectivity index (χ2v) is 6.84. The third kappa shape index (κ3) is 6.16. The van der Waals surface area contributed by atoms with Gasteiger partial charge >= 0.3 is 6.18 Å². The van der Waals surface area contributed by atoms with E-state index in [1.165, 1.54) is 31.2 Å². The predicted molar refractivity (Wildman–Crippen MR) is 72.6 cm³/mol. The number of carbonyl (C=O) groups is 1. The molecule has 4 nitrogen and oxygen atoms in total. The van der Waals surface area contributed by atoms with Crippen LogP contribution in [0.3, 0.4) is 0 Å². The molecule has 1 aromatic carbocycles. The first-order chi connectivity index (χ1) is 9.52. The molecule has 0 spiro atoms. The van der Waals surface area contributed by atoms with E-state index >= 15 is 0 Å². The van der Waals surface area contributed by atoms with Crippen molar-refractivity contribution in [3.05, 3.63) is 35.4 Å². The molecule has 0 bridgehead atoms. The highest BCUT2D eigenvalue weighted by atomic mass is 32.2. The first-order valence-corrected chi connectivity index (χ1v) is 8.20. The second kappa shape index (κ2) is 6.46. The Morgan fingerprint density at radius 3 is 2.10 bits per heavy atom. The molecule has 0 unspecified atom stereocenters. The fraction of sp³-hybridized carbons (Fsp3) is 0.462. The van der Waals surface area contributed by atoms with Crippen LogP contribution < -0.4 is 0 Å². The van der Waals surface area contributed by atoms with Gasteiger partial charge in [-0.2, -0.15) is 13.2 Å². The van der Waals surface area contributed by atoms with Crippen LogP contribution in [-0.4, -0.2) is 44.7 Å². The van der Waals surface area contributed by atoms with Crippen molar-refractivity contribution in [2.45, 2.75) is 18.9 Å². The molecule has 0 saturated heterocycles. The fourth-order valence-electron chi connectivity index (χ4n) is 1.77. The van der Waals surface area contributed by atoms with Gasteiger partial charge in [0.25, 0.3) is 5.91 Å². The Hall–Kier alpha value is -1.57. The summed E-state index contributed by atoms with van der Waals surface area (Å²) in [5.41, 5.74) is 0.575. The van der Waals surface area contributed by atoms with Crippen LogP contribution in [0.25, 0.3) is 0 Å². The van der Waals surface area contributed by atoms with Crippen LogP contribution in [0.1, 0.15) is 22.8 Å². The summed E-state index contributed by atoms with van der Waals surface area (Å²) in [6.45, 7) is 0.0819. The van der Waals surface area contributed by atoms with Crippen molar-refractivity contribution in [1.82, 2.24) is 4.90 Å². The van der Waals surface area contributed by atoms with Gasteiger partial charge in [-0.05, 0) is 24.6 Å². The summed E-state index contributed by atoms with van der Waals surface area (Å²) in [6.07, 6.45) is -3.38. The van der Waals surface area contributed by atoms with Crippen LogP contribution in [0.5, 0.6) is 0 Å². The second-order valence-electron chi connectivity index (χ2n) is 4.70. The van der Waals surface area contributed by atoms with E-state index in [2.05, 4.69) is 0 Å². The molecule has 0 atom stereocenters. The summed E-state index contributed by atoms with van der Waals surface area (Å²) in [6, 6.07) is 5.52. The molecule has 21 heavy (non-hydrogen) atoms. The normalized spacial score (nSPS) is 12.2. The smallest absolute Gasteiger partial charge is 0.330 e. The Morgan fingerprint density at radius 1 is 1.19 bits per heavy atom. The number of nitrogens with zero attached hydrogens (tertiary/aromatic N) is 1. The molecule has 0 aliphatic heterocycles. The Balaban J connectivity index is 2.87. The van der Waals surface area contributed by atoms with Gasteiger partial charge < -0.3 is 4.90 Å². The lowest BCUT2D eigenvalue weighted by Gasteiger charge is -2.22. The molecule has 0 saturated carbocycles. The minimum absolute atomic E-state index is 0.0660. The van der Waals surface area contributed by atoms with Crippen LogP contribution in [0.4, 0.5) is 13.2 Å². The van der Waals surface area contributed by atoms with Crippen LogP contribution in [0, 0.1) is 0 Å². The highest BCUT2D eigenvalue weighted by Crippen LogP contribution is 2.18. The molecule has 8 heteroatoms. The number of sulfone groups is 1. The molecule has 0 fully saturated rings. The molecule has 0 heterocycles. The van der Waals surface area contributed by atoms with E-state index in [9.17, 15) is 26.4 Å². The average Bonchev–Trinajstić information content (AvgIpc) is 2.33. The Labute approximate surface area is 121 Å². The van der Waals surface area contributed by atoms with Gasteiger partial charge in [0, 0.05) is 18.4 Å². The van der Waals surface area contributed by atoms with Gasteiger partial charge in [-0.1, -0.05) is 12.1 Å². The summed E-state index contributed by atoms with van der Waals surface area (Å²) < 4.78 is 59.3. The van der Waals surface area contributed by atoms with E-state index in [0.717, 1.165) is 6.26 Å². The number of rotatable bonds is 5. The maximum absolute atomic E-state index is 12.4. The molecule has 1 amide bonds. The van der Waals surface area contributed by atoms with Crippen molar-refractivity contribution in [2.24, 2.45) is 0 Å². The number of carbonyl (C=O) groups excluding carboxylic acids is 1. The van der Waals surface area contributed by atoms with Gasteiger partial charge in [0.1, 0.15) is 6.54 Å². The maximum atomic E-state index is 12.4. The van der Waals surface area contributed by atoms with Crippen molar-refractivity contribution >= 4 is 15.7 Å². The first-order valence-electron chi connectivity index (χ1n) is 6.14. The average molecular weight is 323 g/mol. The van der Waals surface area contributed by atoms with Crippen LogP contribution in [0.15, 0.2) is 24.3 Å². The van der Waals surface area contributed by atoms with E-state index in [1.54, 1.807) is 0 Å². The number of hydrogen-bond acceptors (Lipinski definition) is 3. The number of alkyl halides is 3. The van der Waals surface area contributed by atoms with E-state index in [4.69, 9.17) is 0 Å². The predicted octanol–water partition coefficient (Wildman–Crippen LogP) is 2.26. The number of benzene rings is 1. The van der Waals surface area contributed by atoms with Gasteiger partial charge in [0.2, 0.25) is 0 Å². The van der Waals surface area contributed by atoms with Crippen LogP contribution in [0.2, 0.25) is 0 Å². The molecule has 0 aliphatic rings. The van der Waals surface area contributed by atoms with Crippen molar-refractivity contribution in [3.8, 4) is 0 Å². The zero-order valence-electron chi connectivity index (χ0n) is 11.6. The van der Waals surface area contributed by atoms with Gasteiger partial charge in [0.05, 0.1) is 5.75 Å². The third-order valence-corrected chi connectivity index (χ3v) is 3.53. The summed E-state index contributed by atoms with van der Waals surface area (Å²) in [4.78, 5) is 12.6. The summed E-state index contributed by atoms with van der Waals surface area (Å²) in [5.74, 6) is -0.914. The van der Waals surface area contributed by atoms with E-state index in [0.29, 0.717) is 10.5 Å². The lowest BCUT2D eigenvalue weighted by molar-refractivity contribution is -0.140. The highest BCUT2D eigenvalue weighted by molar-refractivity contribution is 7.89. The third-order valence-electron chi connectivity index (χ3n) is 2.67. The molecule has 0 aliphatic carbocycles. The minimum Gasteiger partial charge on any atom is -0.330 e. The quantitative estimate of drug-likeness (QED) is 0.835. The molecular formula is C13H16F3NO3S. The molecule has 0 aromatic heterocycles. The summed E-state index contributed by atoms with van der Waals surface area (Å²) >= 11 is 0. The van der Waals surface area contributed by atoms with E-state index in [1.807, 2.05) is 0 Å². The number of amides is 1. The molecule has 0 N–H and O–H groups in total. The minimum atomic E-state index is -4.46. The number of halogens is 3. The van der Waals surface area contributed by atoms with Crippen molar-refractivity contribution < 1.29 is 26.4 Å². The Morgan fingerprint density at radius 2 is 1.71 bits per heavy atom. The Bertz CT molecular complexity index is 594. The van der Waals surface area contributed by atoms with Crippen molar-refractivity contribution in [2.75, 3.05) is 19.3 Å². The molecular weight excluding hydrogens is 307 g/mol. The number of hydrogen-bond donors (Lipinski definition) is 0. The standard InChI is InChI=1S/C13H16F3NO3S/c1-3-17(9-13(14,15)16)12(18)11-6-4-10(5-7-11)8-21(2,19)20/h4-7H,3,8-9H2,1-2H3. The van der Waals surface area contributed by atoms with Crippen molar-refractivity contribution in [3.63, 3.8) is 0 Å². The monoisotopic (exact) mass is 323 g/mol. The lowest BCUT2D eigenvalue weighted by atomic mass is 10.1. The molecule has 118 valence electrons. The fourth-order valence-corrected chi connectivity index (χ4v) is 2.57. The van der Waals surface area contributed by atoms with Gasteiger partial charge in [-0.3, -0.25) is 4.79 Å². The molecule has 1 rings (SSSR count). The highest BCUT2D eigenvalue weighted by Gasteiger charge is 2.32. The van der Waals surface area contributed by atoms with Crippen molar-refractivity contribution in [1.29, 1.82) is 0 Å². The first kappa shape index (κ1) is 17.5. The Kier molecular flexibility index (Phi) is 5.38. The van der Waals surface area contributed by atoms with E-state index < -0.39 is 28.5 Å². The topological polar surface area (TPSA) is 54.5 Å². The van der Waals surface area contributed by atoms with Gasteiger partial charge in [0.15, 0.2) is 9.84 Å². The maximum Gasteiger partial charge on any atom is 0.406 e. The van der Waals surface area contributed by atoms with Gasteiger partial charge in [-0.25, -0.2) is 8.42 Å². The zero-order valence-corrected chi connectivity index (χ0v) is 12.5. The van der Waals surface area contributed by atoms with Gasteiger partial charge in [-0.15, -0.1) is 0 Å². The SMILES string of the molecule is CCN(CC(F)(F)F)C(=O)c1ccc(CS(C)(=O)=O)cc1. The van der Waals surface area contributed by atoms with E-state index in [-0.39, 0.29) is 17.9 Å².